The lowest BCUT2D eigenvalue weighted by Crippen LogP contribution is -2.23. The van der Waals surface area contributed by atoms with Crippen molar-refractivity contribution in [3.63, 3.8) is 0 Å². The van der Waals surface area contributed by atoms with Crippen LogP contribution >= 0.6 is 0 Å². The molecule has 114 valence electrons. The molecule has 0 atom stereocenters. The topological polar surface area (TPSA) is 52.6 Å². The highest BCUT2D eigenvalue weighted by atomic mass is 16.5. The Labute approximate surface area is 121 Å². The van der Waals surface area contributed by atoms with Crippen LogP contribution in [0.15, 0.2) is 11.1 Å². The van der Waals surface area contributed by atoms with E-state index in [1.165, 1.54) is 20.6 Å². The van der Waals surface area contributed by atoms with Gasteiger partial charge in [0.05, 0.1) is 19.8 Å². The number of unbranched alkanes of at least 4 members (excludes halogenated alkanes) is 1. The molecule has 1 saturated carbocycles. The lowest BCUT2D eigenvalue weighted by Gasteiger charge is -2.25. The summed E-state index contributed by atoms with van der Waals surface area (Å²) < 4.78 is 9.79. The summed E-state index contributed by atoms with van der Waals surface area (Å²) in [5.74, 6) is -0.611. The van der Waals surface area contributed by atoms with Crippen molar-refractivity contribution in [2.24, 2.45) is 5.92 Å². The molecule has 20 heavy (non-hydrogen) atoms. The van der Waals surface area contributed by atoms with Crippen LogP contribution in [0.4, 0.5) is 0 Å². The van der Waals surface area contributed by atoms with Crippen molar-refractivity contribution in [1.82, 2.24) is 0 Å². The number of rotatable bonds is 6. The number of methoxy groups -OCH3 is 2. The summed E-state index contributed by atoms with van der Waals surface area (Å²) in [5, 5.41) is 0. The summed E-state index contributed by atoms with van der Waals surface area (Å²) >= 11 is 0. The van der Waals surface area contributed by atoms with Crippen LogP contribution in [-0.2, 0) is 19.1 Å². The molecule has 0 spiro atoms. The lowest BCUT2D eigenvalue weighted by molar-refractivity contribution is -0.140. The molecule has 0 saturated heterocycles. The van der Waals surface area contributed by atoms with Gasteiger partial charge in [-0.25, -0.2) is 9.59 Å². The van der Waals surface area contributed by atoms with Gasteiger partial charge in [-0.1, -0.05) is 32.6 Å². The first kappa shape index (κ1) is 16.7. The van der Waals surface area contributed by atoms with Gasteiger partial charge in [-0.15, -0.1) is 0 Å². The first-order valence-electron chi connectivity index (χ1n) is 7.55. The predicted molar refractivity (Wildman–Crippen MR) is 77.2 cm³/mol. The van der Waals surface area contributed by atoms with Gasteiger partial charge in [0.2, 0.25) is 0 Å². The van der Waals surface area contributed by atoms with Crippen LogP contribution in [0.5, 0.6) is 0 Å². The molecule has 0 bridgehead atoms. The SMILES string of the molecule is CCCCC(C(=O)OC)=C(C(=O)OC)C1CCCCC1. The van der Waals surface area contributed by atoms with Crippen molar-refractivity contribution in [3.8, 4) is 0 Å². The molecule has 0 N–H and O–H groups in total. The van der Waals surface area contributed by atoms with Gasteiger partial charge in [-0.3, -0.25) is 0 Å². The molecule has 1 rings (SSSR count). The average Bonchev–Trinajstić information content (AvgIpc) is 2.50. The fraction of sp³-hybridized carbons (Fsp3) is 0.750. The van der Waals surface area contributed by atoms with Gasteiger partial charge >= 0.3 is 11.9 Å². The number of esters is 2. The van der Waals surface area contributed by atoms with Gasteiger partial charge in [-0.05, 0) is 31.6 Å². The molecular formula is C16H26O4. The minimum atomic E-state index is -0.385. The monoisotopic (exact) mass is 282 g/mol. The second-order valence-corrected chi connectivity index (χ2v) is 5.31. The zero-order valence-corrected chi connectivity index (χ0v) is 12.9. The fourth-order valence-electron chi connectivity index (χ4n) is 2.86. The number of ether oxygens (including phenoxy) is 2. The molecule has 0 aliphatic heterocycles. The second kappa shape index (κ2) is 8.77. The minimum Gasteiger partial charge on any atom is -0.466 e. The molecule has 0 radical (unpaired) electrons. The molecule has 1 aliphatic rings. The third-order valence-electron chi connectivity index (χ3n) is 3.96. The van der Waals surface area contributed by atoms with E-state index in [0.717, 1.165) is 38.5 Å². The van der Waals surface area contributed by atoms with Crippen LogP contribution in [0.3, 0.4) is 0 Å². The molecule has 1 aliphatic carbocycles. The van der Waals surface area contributed by atoms with E-state index in [0.29, 0.717) is 17.6 Å². The van der Waals surface area contributed by atoms with E-state index in [-0.39, 0.29) is 17.9 Å². The fourth-order valence-corrected chi connectivity index (χ4v) is 2.86. The standard InChI is InChI=1S/C16H26O4/c1-4-5-11-13(15(17)19-2)14(16(18)20-3)12-9-7-6-8-10-12/h12H,4-11H2,1-3H3. The Morgan fingerprint density at radius 1 is 1.00 bits per heavy atom. The molecule has 4 nitrogen and oxygen atoms in total. The van der Waals surface area contributed by atoms with Crippen molar-refractivity contribution in [2.45, 2.75) is 58.3 Å². The third-order valence-corrected chi connectivity index (χ3v) is 3.96. The Morgan fingerprint density at radius 3 is 2.10 bits per heavy atom. The van der Waals surface area contributed by atoms with E-state index < -0.39 is 0 Å². The number of hydrogen-bond donors (Lipinski definition) is 0. The van der Waals surface area contributed by atoms with E-state index >= 15 is 0 Å². The van der Waals surface area contributed by atoms with Crippen LogP contribution in [-0.4, -0.2) is 26.2 Å². The molecule has 0 amide bonds. The molecule has 0 unspecified atom stereocenters. The number of hydrogen-bond acceptors (Lipinski definition) is 4. The summed E-state index contributed by atoms with van der Waals surface area (Å²) in [4.78, 5) is 24.2. The van der Waals surface area contributed by atoms with Crippen LogP contribution in [0.2, 0.25) is 0 Å². The largest absolute Gasteiger partial charge is 0.466 e. The molecule has 0 aromatic rings. The van der Waals surface area contributed by atoms with Gasteiger partial charge in [0.1, 0.15) is 0 Å². The Morgan fingerprint density at radius 2 is 1.60 bits per heavy atom. The Hall–Kier alpha value is -1.32. The van der Waals surface area contributed by atoms with E-state index in [9.17, 15) is 9.59 Å². The van der Waals surface area contributed by atoms with Crippen LogP contribution in [0, 0.1) is 5.92 Å². The van der Waals surface area contributed by atoms with Crippen molar-refractivity contribution >= 4 is 11.9 Å². The smallest absolute Gasteiger partial charge is 0.334 e. The highest BCUT2D eigenvalue weighted by Gasteiger charge is 2.29. The maximum Gasteiger partial charge on any atom is 0.334 e. The van der Waals surface area contributed by atoms with Gasteiger partial charge in [-0.2, -0.15) is 0 Å². The maximum atomic E-state index is 12.1. The van der Waals surface area contributed by atoms with Gasteiger partial charge in [0.25, 0.3) is 0 Å². The first-order chi connectivity index (χ1) is 9.65. The molecular weight excluding hydrogens is 256 g/mol. The van der Waals surface area contributed by atoms with Crippen LogP contribution in [0.1, 0.15) is 58.3 Å². The van der Waals surface area contributed by atoms with E-state index in [4.69, 9.17) is 9.47 Å². The van der Waals surface area contributed by atoms with Crippen LogP contribution < -0.4 is 0 Å². The zero-order valence-electron chi connectivity index (χ0n) is 12.9. The van der Waals surface area contributed by atoms with Gasteiger partial charge in [0, 0.05) is 5.57 Å². The summed E-state index contributed by atoms with van der Waals surface area (Å²) in [6.07, 6.45) is 7.75. The van der Waals surface area contributed by atoms with Crippen molar-refractivity contribution in [2.75, 3.05) is 14.2 Å². The summed E-state index contributed by atoms with van der Waals surface area (Å²) in [6.45, 7) is 2.06. The Kier molecular flexibility index (Phi) is 7.34. The van der Waals surface area contributed by atoms with E-state index in [1.54, 1.807) is 0 Å². The molecule has 1 fully saturated rings. The summed E-state index contributed by atoms with van der Waals surface area (Å²) in [7, 11) is 2.74. The Bertz CT molecular complexity index is 365. The van der Waals surface area contributed by atoms with Gasteiger partial charge in [0.15, 0.2) is 0 Å². The molecule has 0 aromatic heterocycles. The molecule has 0 aromatic carbocycles. The second-order valence-electron chi connectivity index (χ2n) is 5.31. The molecule has 0 heterocycles. The van der Waals surface area contributed by atoms with E-state index in [1.807, 2.05) is 0 Å². The summed E-state index contributed by atoms with van der Waals surface area (Å²) in [5.41, 5.74) is 1.08. The summed E-state index contributed by atoms with van der Waals surface area (Å²) in [6, 6.07) is 0. The van der Waals surface area contributed by atoms with Crippen LogP contribution in [0.25, 0.3) is 0 Å². The quantitative estimate of drug-likeness (QED) is 0.553. The maximum absolute atomic E-state index is 12.1. The Balaban J connectivity index is 3.13. The van der Waals surface area contributed by atoms with Crippen molar-refractivity contribution in [3.05, 3.63) is 11.1 Å². The predicted octanol–water partition coefficient (Wildman–Crippen LogP) is 3.40. The van der Waals surface area contributed by atoms with Gasteiger partial charge < -0.3 is 9.47 Å². The average molecular weight is 282 g/mol. The number of carbonyl (C=O) groups excluding carboxylic acids is 2. The molecule has 4 heteroatoms. The van der Waals surface area contributed by atoms with Crippen molar-refractivity contribution < 1.29 is 19.1 Å². The normalized spacial score (nSPS) is 17.4. The minimum absolute atomic E-state index is 0.141. The number of carbonyl (C=O) groups is 2. The van der Waals surface area contributed by atoms with Crippen molar-refractivity contribution in [1.29, 1.82) is 0 Å². The highest BCUT2D eigenvalue weighted by Crippen LogP contribution is 2.33. The zero-order chi connectivity index (χ0) is 15.0. The first-order valence-corrected chi connectivity index (χ1v) is 7.55. The highest BCUT2D eigenvalue weighted by molar-refractivity contribution is 6.00. The lowest BCUT2D eigenvalue weighted by atomic mass is 9.81. The third kappa shape index (κ3) is 4.36. The van der Waals surface area contributed by atoms with E-state index in [2.05, 4.69) is 6.92 Å².